The van der Waals surface area contributed by atoms with Gasteiger partial charge in [-0.1, -0.05) is 31.5 Å². The fraction of sp³-hybridized carbons (Fsp3) is 0.400. The van der Waals surface area contributed by atoms with Gasteiger partial charge >= 0.3 is 6.18 Å². The van der Waals surface area contributed by atoms with Gasteiger partial charge in [-0.05, 0) is 41.5 Å². The van der Waals surface area contributed by atoms with Crippen LogP contribution < -0.4 is 9.64 Å². The predicted octanol–water partition coefficient (Wildman–Crippen LogP) is 5.66. The first-order valence-electron chi connectivity index (χ1n) is 10.9. The van der Waals surface area contributed by atoms with Gasteiger partial charge in [0.25, 0.3) is 0 Å². The van der Waals surface area contributed by atoms with E-state index in [4.69, 9.17) is 26.2 Å². The van der Waals surface area contributed by atoms with Gasteiger partial charge < -0.3 is 19.5 Å². The second-order valence-electron chi connectivity index (χ2n) is 7.19. The van der Waals surface area contributed by atoms with Crippen LogP contribution in [0.25, 0.3) is 6.08 Å². The quantitative estimate of drug-likeness (QED) is 0.552. The molecule has 0 saturated carbocycles. The predicted molar refractivity (Wildman–Crippen MR) is 128 cm³/mol. The zero-order chi connectivity index (χ0) is 25.5. The molecule has 1 saturated heterocycles. The molecule has 9 heteroatoms. The molecule has 1 N–H and O–H groups in total. The van der Waals surface area contributed by atoms with E-state index in [2.05, 4.69) is 4.90 Å². The monoisotopic (exact) mass is 499 g/mol. The van der Waals surface area contributed by atoms with Crippen LogP contribution in [0.5, 0.6) is 5.75 Å². The number of Topliss-reactive ketones (excluding diaryl/α,β-unsaturated/α-hetero) is 1. The number of allylic oxidation sites excluding steroid dienone is 1. The lowest BCUT2D eigenvalue weighted by Crippen LogP contribution is -2.36. The van der Waals surface area contributed by atoms with Gasteiger partial charge in [-0.3, -0.25) is 4.79 Å². The van der Waals surface area contributed by atoms with Crippen LogP contribution in [0.3, 0.4) is 0 Å². The smallest absolute Gasteiger partial charge is 0.417 e. The van der Waals surface area contributed by atoms with Gasteiger partial charge in [-0.25, -0.2) is 0 Å². The number of benzene rings is 2. The summed E-state index contributed by atoms with van der Waals surface area (Å²) in [5.41, 5.74) is 2.38. The van der Waals surface area contributed by atoms with Gasteiger partial charge in [-0.2, -0.15) is 13.2 Å². The Bertz CT molecular complexity index is 1030. The molecule has 0 atom stereocenters. The van der Waals surface area contributed by atoms with Crippen molar-refractivity contribution in [3.63, 3.8) is 0 Å². The Morgan fingerprint density at radius 2 is 1.76 bits per heavy atom. The van der Waals surface area contributed by atoms with Crippen molar-refractivity contribution >= 4 is 29.1 Å². The average molecular weight is 500 g/mol. The van der Waals surface area contributed by atoms with Crippen LogP contribution in [0.4, 0.5) is 18.9 Å². The maximum absolute atomic E-state index is 12.9. The highest BCUT2D eigenvalue weighted by Crippen LogP contribution is 2.39. The Morgan fingerprint density at radius 1 is 1.12 bits per heavy atom. The molecule has 0 aromatic heterocycles. The van der Waals surface area contributed by atoms with Gasteiger partial charge in [-0.15, -0.1) is 0 Å². The third-order valence-corrected chi connectivity index (χ3v) is 5.63. The summed E-state index contributed by atoms with van der Waals surface area (Å²) in [5, 5.41) is 6.61. The molecular formula is C25H29ClF3NO4. The lowest BCUT2D eigenvalue weighted by molar-refractivity contribution is -0.137. The second-order valence-corrected chi connectivity index (χ2v) is 7.60. The highest BCUT2D eigenvalue weighted by molar-refractivity contribution is 6.31. The van der Waals surface area contributed by atoms with Crippen molar-refractivity contribution in [2.45, 2.75) is 26.4 Å². The molecule has 0 bridgehead atoms. The van der Waals surface area contributed by atoms with E-state index in [-0.39, 0.29) is 5.78 Å². The molecule has 0 spiro atoms. The van der Waals surface area contributed by atoms with Crippen LogP contribution in [0.1, 0.15) is 40.9 Å². The molecule has 0 radical (unpaired) electrons. The fourth-order valence-corrected chi connectivity index (χ4v) is 4.11. The lowest BCUT2D eigenvalue weighted by atomic mass is 10.1. The minimum atomic E-state index is -4.52. The van der Waals surface area contributed by atoms with Crippen LogP contribution in [-0.2, 0) is 17.3 Å². The van der Waals surface area contributed by atoms with E-state index in [9.17, 15) is 18.0 Å². The number of anilines is 1. The highest BCUT2D eigenvalue weighted by Gasteiger charge is 2.33. The Hall–Kier alpha value is -2.55. The number of morpholine rings is 1. The van der Waals surface area contributed by atoms with Gasteiger partial charge in [0, 0.05) is 37.8 Å². The number of alkyl halides is 3. The van der Waals surface area contributed by atoms with E-state index in [1.807, 2.05) is 19.9 Å². The van der Waals surface area contributed by atoms with Gasteiger partial charge in [0.05, 0.1) is 36.6 Å². The van der Waals surface area contributed by atoms with Crippen molar-refractivity contribution in [3.05, 3.63) is 63.2 Å². The first-order valence-corrected chi connectivity index (χ1v) is 11.3. The number of rotatable bonds is 3. The molecule has 2 aromatic carbocycles. The highest BCUT2D eigenvalue weighted by atomic mass is 35.5. The molecule has 1 aliphatic heterocycles. The molecule has 2 aliphatic rings. The van der Waals surface area contributed by atoms with Gasteiger partial charge in [0.15, 0.2) is 5.78 Å². The third-order valence-electron chi connectivity index (χ3n) is 5.31. The molecule has 4 rings (SSSR count). The van der Waals surface area contributed by atoms with Crippen LogP contribution >= 0.6 is 11.6 Å². The van der Waals surface area contributed by atoms with Crippen molar-refractivity contribution in [2.24, 2.45) is 0 Å². The fourth-order valence-electron chi connectivity index (χ4n) is 3.81. The number of methoxy groups -OCH3 is 1. The molecule has 34 heavy (non-hydrogen) atoms. The summed E-state index contributed by atoms with van der Waals surface area (Å²) >= 11 is 5.80. The Kier molecular flexibility index (Phi) is 9.97. The molecule has 0 unspecified atom stereocenters. The molecule has 1 aliphatic carbocycles. The molecule has 0 amide bonds. The normalized spacial score (nSPS) is 16.3. The van der Waals surface area contributed by atoms with E-state index in [0.29, 0.717) is 42.1 Å². The minimum Gasteiger partial charge on any atom is -0.495 e. The van der Waals surface area contributed by atoms with E-state index in [1.165, 1.54) is 12.1 Å². The van der Waals surface area contributed by atoms with E-state index >= 15 is 0 Å². The summed E-state index contributed by atoms with van der Waals surface area (Å²) in [6, 6.07) is 7.17. The first kappa shape index (κ1) is 27.7. The zero-order valence-corrected chi connectivity index (χ0v) is 20.4. The van der Waals surface area contributed by atoms with E-state index in [1.54, 1.807) is 19.3 Å². The summed E-state index contributed by atoms with van der Waals surface area (Å²) < 4.78 is 49.6. The van der Waals surface area contributed by atoms with Crippen LogP contribution in [-0.4, -0.2) is 51.4 Å². The maximum atomic E-state index is 12.9. The number of aliphatic hydroxyl groups is 1. The van der Waals surface area contributed by atoms with Crippen molar-refractivity contribution < 1.29 is 32.5 Å². The van der Waals surface area contributed by atoms with Crippen molar-refractivity contribution in [2.75, 3.05) is 45.4 Å². The van der Waals surface area contributed by atoms with Crippen LogP contribution in [0.15, 0.2) is 35.9 Å². The van der Waals surface area contributed by atoms with Crippen molar-refractivity contribution in [1.82, 2.24) is 0 Å². The summed E-state index contributed by atoms with van der Waals surface area (Å²) in [4.78, 5) is 15.1. The number of carbonyl (C=O) groups excluding carboxylic acids is 1. The molecule has 1 heterocycles. The topological polar surface area (TPSA) is 59.0 Å². The molecule has 2 aromatic rings. The lowest BCUT2D eigenvalue weighted by Gasteiger charge is -2.30. The van der Waals surface area contributed by atoms with Crippen molar-refractivity contribution in [3.8, 4) is 5.75 Å². The Labute approximate surface area is 202 Å². The summed E-state index contributed by atoms with van der Waals surface area (Å²) in [7, 11) is 2.56. The molecule has 5 nitrogen and oxygen atoms in total. The van der Waals surface area contributed by atoms with Gasteiger partial charge in [0.2, 0.25) is 0 Å². The number of ketones is 1. The van der Waals surface area contributed by atoms with Crippen LogP contribution in [0.2, 0.25) is 5.02 Å². The number of aliphatic hydroxyl groups excluding tert-OH is 1. The molecular weight excluding hydrogens is 471 g/mol. The second kappa shape index (κ2) is 12.2. The number of nitrogens with zero attached hydrogens (tertiary/aromatic N) is 1. The summed E-state index contributed by atoms with van der Waals surface area (Å²) in [5.74, 6) is 0.454. The number of carbonyl (C=O) groups is 1. The number of hydrogen-bond acceptors (Lipinski definition) is 5. The first-order chi connectivity index (χ1) is 16.3. The number of ether oxygens (including phenoxy) is 2. The standard InChI is InChI=1S/C22H19ClF3NO3.C2H6.CH4O/c1-29-20-12-16-14(11-19(20)27-4-6-30-7-5-27)10-15(21(16)28)8-13-2-3-17(18(23)9-13)22(24,25)26;2*1-2/h2-3,8-9,11-12H,4-7,10H2,1H3;1-2H3;2H,1H3/b15-8+;;. The van der Waals surface area contributed by atoms with Crippen molar-refractivity contribution in [1.29, 1.82) is 0 Å². The zero-order valence-electron chi connectivity index (χ0n) is 19.6. The number of hydrogen-bond donors (Lipinski definition) is 1. The average Bonchev–Trinajstić information content (AvgIpc) is 3.14. The van der Waals surface area contributed by atoms with E-state index < -0.39 is 16.8 Å². The van der Waals surface area contributed by atoms with E-state index in [0.717, 1.165) is 37.5 Å². The molecule has 186 valence electrons. The number of halogens is 4. The largest absolute Gasteiger partial charge is 0.495 e. The SMILES string of the molecule is CC.CO.COc1cc2c(cc1N1CCOCC1)C/C(=C\c1ccc(C(F)(F)F)c(Cl)c1)C2=O. The summed E-state index contributed by atoms with van der Waals surface area (Å²) in [6.45, 7) is 6.71. The Balaban J connectivity index is 0.000000970. The Morgan fingerprint density at radius 3 is 2.32 bits per heavy atom. The minimum absolute atomic E-state index is 0.159. The molecule has 1 fully saturated rings. The third kappa shape index (κ3) is 6.11. The maximum Gasteiger partial charge on any atom is 0.417 e. The number of fused-ring (bicyclic) bond motifs is 1. The summed E-state index contributed by atoms with van der Waals surface area (Å²) in [6.07, 6.45) is -2.53. The van der Waals surface area contributed by atoms with Gasteiger partial charge in [0.1, 0.15) is 5.75 Å². The van der Waals surface area contributed by atoms with Crippen LogP contribution in [0, 0.1) is 0 Å².